The molecule has 0 unspecified atom stereocenters. The summed E-state index contributed by atoms with van der Waals surface area (Å²) in [5, 5.41) is 4.72. The number of benzene rings is 2. The summed E-state index contributed by atoms with van der Waals surface area (Å²) in [5.74, 6) is -2.99. The standard InChI is InChI=1S/C18H15F2N3O3/c1-18(11-5-3-2-4-6-11)16(25)23(17(26)22-18)10-15(24)21-14-9-12(19)7-8-13(14)20/h2-9H,10H2,1H3,(H,21,24)(H,22,26)/t18-/m0/s1. The first-order valence-corrected chi connectivity index (χ1v) is 7.76. The van der Waals surface area contributed by atoms with Crippen LogP contribution in [0.5, 0.6) is 0 Å². The molecule has 0 aliphatic carbocycles. The van der Waals surface area contributed by atoms with Gasteiger partial charge in [-0.25, -0.2) is 13.6 Å². The van der Waals surface area contributed by atoms with E-state index in [2.05, 4.69) is 10.6 Å². The summed E-state index contributed by atoms with van der Waals surface area (Å²) < 4.78 is 26.8. The summed E-state index contributed by atoms with van der Waals surface area (Å²) in [6.45, 7) is 0.912. The van der Waals surface area contributed by atoms with Gasteiger partial charge in [-0.2, -0.15) is 0 Å². The second-order valence-corrected chi connectivity index (χ2v) is 5.98. The van der Waals surface area contributed by atoms with Gasteiger partial charge in [-0.3, -0.25) is 14.5 Å². The summed E-state index contributed by atoms with van der Waals surface area (Å²) in [6.07, 6.45) is 0. The van der Waals surface area contributed by atoms with Crippen molar-refractivity contribution in [3.8, 4) is 0 Å². The van der Waals surface area contributed by atoms with Crippen LogP contribution in [0.2, 0.25) is 0 Å². The van der Waals surface area contributed by atoms with E-state index in [1.54, 1.807) is 30.3 Å². The van der Waals surface area contributed by atoms with Crippen molar-refractivity contribution in [1.29, 1.82) is 0 Å². The first-order chi connectivity index (χ1) is 12.3. The van der Waals surface area contributed by atoms with E-state index in [9.17, 15) is 23.2 Å². The third-order valence-electron chi connectivity index (χ3n) is 4.13. The molecule has 0 aromatic heterocycles. The SMILES string of the molecule is C[C@@]1(c2ccccc2)NC(=O)N(CC(=O)Nc2cc(F)ccc2F)C1=O. The van der Waals surface area contributed by atoms with Gasteiger partial charge in [0, 0.05) is 6.07 Å². The van der Waals surface area contributed by atoms with Crippen LogP contribution >= 0.6 is 0 Å². The predicted octanol–water partition coefficient (Wildman–Crippen LogP) is 2.37. The van der Waals surface area contributed by atoms with Crippen LogP contribution in [0.4, 0.5) is 19.3 Å². The molecule has 1 fully saturated rings. The van der Waals surface area contributed by atoms with Crippen molar-refractivity contribution in [3.05, 3.63) is 65.7 Å². The molecule has 1 aliphatic rings. The van der Waals surface area contributed by atoms with Gasteiger partial charge in [0.05, 0.1) is 5.69 Å². The van der Waals surface area contributed by atoms with Crippen LogP contribution in [0, 0.1) is 11.6 Å². The fourth-order valence-corrected chi connectivity index (χ4v) is 2.73. The van der Waals surface area contributed by atoms with Crippen LogP contribution in [0.3, 0.4) is 0 Å². The van der Waals surface area contributed by atoms with Crippen molar-refractivity contribution in [3.63, 3.8) is 0 Å². The van der Waals surface area contributed by atoms with Crippen molar-refractivity contribution in [2.24, 2.45) is 0 Å². The highest BCUT2D eigenvalue weighted by Gasteiger charge is 2.49. The zero-order valence-electron chi connectivity index (χ0n) is 13.8. The van der Waals surface area contributed by atoms with Gasteiger partial charge in [-0.1, -0.05) is 30.3 Å². The highest BCUT2D eigenvalue weighted by molar-refractivity contribution is 6.10. The molecule has 1 atom stereocenters. The van der Waals surface area contributed by atoms with Gasteiger partial charge in [-0.05, 0) is 24.6 Å². The Kier molecular flexibility index (Phi) is 4.41. The average Bonchev–Trinajstić information content (AvgIpc) is 2.83. The van der Waals surface area contributed by atoms with Crippen LogP contribution in [-0.4, -0.2) is 29.3 Å². The lowest BCUT2D eigenvalue weighted by Gasteiger charge is -2.22. The number of nitrogens with zero attached hydrogens (tertiary/aromatic N) is 1. The first kappa shape index (κ1) is 17.5. The van der Waals surface area contributed by atoms with Gasteiger partial charge in [0.1, 0.15) is 23.7 Å². The van der Waals surface area contributed by atoms with E-state index in [0.29, 0.717) is 5.56 Å². The van der Waals surface area contributed by atoms with E-state index in [1.165, 1.54) is 6.92 Å². The van der Waals surface area contributed by atoms with Crippen molar-refractivity contribution < 1.29 is 23.2 Å². The number of imide groups is 1. The largest absolute Gasteiger partial charge is 0.325 e. The quantitative estimate of drug-likeness (QED) is 0.823. The Bertz CT molecular complexity index is 889. The maximum atomic E-state index is 13.6. The lowest BCUT2D eigenvalue weighted by molar-refractivity contribution is -0.133. The van der Waals surface area contributed by atoms with E-state index in [4.69, 9.17) is 0 Å². The van der Waals surface area contributed by atoms with Gasteiger partial charge < -0.3 is 10.6 Å². The fourth-order valence-electron chi connectivity index (χ4n) is 2.73. The Labute approximate surface area is 147 Å². The van der Waals surface area contributed by atoms with Crippen LogP contribution in [0.1, 0.15) is 12.5 Å². The number of rotatable bonds is 4. The third kappa shape index (κ3) is 3.13. The number of nitrogens with one attached hydrogen (secondary N) is 2. The minimum Gasteiger partial charge on any atom is -0.322 e. The number of amides is 4. The molecule has 3 rings (SSSR count). The molecule has 26 heavy (non-hydrogen) atoms. The Morgan fingerprint density at radius 2 is 1.85 bits per heavy atom. The van der Waals surface area contributed by atoms with Crippen LogP contribution in [0.25, 0.3) is 0 Å². The van der Waals surface area contributed by atoms with E-state index >= 15 is 0 Å². The average molecular weight is 359 g/mol. The molecular formula is C18H15F2N3O3. The highest BCUT2D eigenvalue weighted by Crippen LogP contribution is 2.28. The molecule has 2 aromatic rings. The summed E-state index contributed by atoms with van der Waals surface area (Å²) in [4.78, 5) is 37.7. The fraction of sp³-hybridized carbons (Fsp3) is 0.167. The van der Waals surface area contributed by atoms with Crippen molar-refractivity contribution >= 4 is 23.5 Å². The lowest BCUT2D eigenvalue weighted by atomic mass is 9.92. The van der Waals surface area contributed by atoms with Crippen LogP contribution in [0.15, 0.2) is 48.5 Å². The number of carbonyl (C=O) groups excluding carboxylic acids is 3. The molecule has 4 amide bonds. The summed E-state index contributed by atoms with van der Waals surface area (Å²) in [5.41, 5.74) is -1.10. The topological polar surface area (TPSA) is 78.5 Å². The number of hydrogen-bond acceptors (Lipinski definition) is 3. The molecule has 1 aliphatic heterocycles. The predicted molar refractivity (Wildman–Crippen MR) is 89.0 cm³/mol. The maximum absolute atomic E-state index is 13.6. The molecule has 0 saturated carbocycles. The Balaban J connectivity index is 1.76. The molecular weight excluding hydrogens is 344 g/mol. The van der Waals surface area contributed by atoms with E-state index in [-0.39, 0.29) is 5.69 Å². The van der Waals surface area contributed by atoms with Gasteiger partial charge >= 0.3 is 6.03 Å². The second-order valence-electron chi connectivity index (χ2n) is 5.98. The number of urea groups is 1. The Hall–Kier alpha value is -3.29. The molecule has 1 saturated heterocycles. The molecule has 0 radical (unpaired) electrons. The summed E-state index contributed by atoms with van der Waals surface area (Å²) in [7, 11) is 0. The van der Waals surface area contributed by atoms with E-state index in [0.717, 1.165) is 23.1 Å². The minimum atomic E-state index is -1.30. The minimum absolute atomic E-state index is 0.368. The van der Waals surface area contributed by atoms with Crippen LogP contribution in [-0.2, 0) is 15.1 Å². The number of halogens is 2. The molecule has 2 aromatic carbocycles. The highest BCUT2D eigenvalue weighted by atomic mass is 19.1. The first-order valence-electron chi connectivity index (χ1n) is 7.76. The number of hydrogen-bond donors (Lipinski definition) is 2. The molecule has 0 spiro atoms. The Morgan fingerprint density at radius 1 is 1.15 bits per heavy atom. The zero-order chi connectivity index (χ0) is 18.9. The summed E-state index contributed by atoms with van der Waals surface area (Å²) in [6, 6.07) is 10.4. The Morgan fingerprint density at radius 3 is 2.54 bits per heavy atom. The number of anilines is 1. The second kappa shape index (κ2) is 6.55. The molecule has 0 bridgehead atoms. The molecule has 6 nitrogen and oxygen atoms in total. The lowest BCUT2D eigenvalue weighted by Crippen LogP contribution is -2.42. The third-order valence-corrected chi connectivity index (χ3v) is 4.13. The maximum Gasteiger partial charge on any atom is 0.325 e. The molecule has 8 heteroatoms. The van der Waals surface area contributed by atoms with Gasteiger partial charge in [0.2, 0.25) is 5.91 Å². The number of carbonyl (C=O) groups is 3. The molecule has 134 valence electrons. The van der Waals surface area contributed by atoms with Crippen LogP contribution < -0.4 is 10.6 Å². The summed E-state index contributed by atoms with van der Waals surface area (Å²) >= 11 is 0. The van der Waals surface area contributed by atoms with Crippen molar-refractivity contribution in [2.75, 3.05) is 11.9 Å². The van der Waals surface area contributed by atoms with Gasteiger partial charge in [-0.15, -0.1) is 0 Å². The van der Waals surface area contributed by atoms with Crippen molar-refractivity contribution in [2.45, 2.75) is 12.5 Å². The molecule has 1 heterocycles. The monoisotopic (exact) mass is 359 g/mol. The van der Waals surface area contributed by atoms with Gasteiger partial charge in [0.25, 0.3) is 5.91 Å². The van der Waals surface area contributed by atoms with Crippen molar-refractivity contribution in [1.82, 2.24) is 10.2 Å². The van der Waals surface area contributed by atoms with Gasteiger partial charge in [0.15, 0.2) is 0 Å². The van der Waals surface area contributed by atoms with E-state index < -0.39 is 41.6 Å². The normalized spacial score (nSPS) is 19.4. The van der Waals surface area contributed by atoms with E-state index in [1.807, 2.05) is 0 Å². The smallest absolute Gasteiger partial charge is 0.322 e. The zero-order valence-corrected chi connectivity index (χ0v) is 13.8. The molecule has 2 N–H and O–H groups in total.